The number of hydrogen-bond acceptors (Lipinski definition) is 4. The van der Waals surface area contributed by atoms with Gasteiger partial charge in [-0.05, 0) is 44.1 Å². The van der Waals surface area contributed by atoms with E-state index in [1.54, 1.807) is 0 Å². The molecule has 4 aliphatic rings. The second-order valence-corrected chi connectivity index (χ2v) is 7.19. The van der Waals surface area contributed by atoms with Gasteiger partial charge in [-0.15, -0.1) is 0 Å². The van der Waals surface area contributed by atoms with Gasteiger partial charge in [-0.2, -0.15) is 0 Å². The Morgan fingerprint density at radius 2 is 2.17 bits per heavy atom. The van der Waals surface area contributed by atoms with Gasteiger partial charge in [-0.3, -0.25) is 0 Å². The molecule has 128 valence electrons. The Balaban J connectivity index is 1.14. The fraction of sp³-hybridized carbons (Fsp3) is 0.600. The van der Waals surface area contributed by atoms with Crippen LogP contribution in [0.2, 0.25) is 0 Å². The zero-order chi connectivity index (χ0) is 15.9. The third kappa shape index (κ3) is 2.62. The molecule has 3 heterocycles. The van der Waals surface area contributed by atoms with E-state index in [1.807, 2.05) is 0 Å². The Morgan fingerprint density at radius 1 is 1.17 bits per heavy atom. The molecule has 0 N–H and O–H groups in total. The minimum Gasteiger partial charge on any atom is -0.488 e. The van der Waals surface area contributed by atoms with Crippen molar-refractivity contribution in [3.63, 3.8) is 0 Å². The van der Waals surface area contributed by atoms with Crippen LogP contribution in [-0.2, 0) is 20.6 Å². The SMILES string of the molecule is c1cc(CCCCOC2CCCCO2)c2c(c1)C1C3=C(CC1O2)O3. The molecule has 0 amide bonds. The first-order chi connectivity index (χ1) is 11.9. The van der Waals surface area contributed by atoms with Crippen LogP contribution in [0.25, 0.3) is 0 Å². The van der Waals surface area contributed by atoms with Gasteiger partial charge in [0, 0.05) is 25.2 Å². The van der Waals surface area contributed by atoms with Crippen molar-refractivity contribution in [1.82, 2.24) is 0 Å². The summed E-state index contributed by atoms with van der Waals surface area (Å²) in [5, 5.41) is 0. The normalized spacial score (nSPS) is 29.6. The lowest BCUT2D eigenvalue weighted by Gasteiger charge is -2.22. The molecule has 3 unspecified atom stereocenters. The van der Waals surface area contributed by atoms with Gasteiger partial charge >= 0.3 is 0 Å². The standard InChI is InChI=1S/C20H24O4/c1(3-10-21-17-9-2-4-11-22-17)6-13-7-5-8-14-18-15(23-19(13)14)12-16-20(18)24-16/h5,7-8,15,17-18H,1-4,6,9-12H2. The predicted molar refractivity (Wildman–Crippen MR) is 88.8 cm³/mol. The Morgan fingerprint density at radius 3 is 3.08 bits per heavy atom. The van der Waals surface area contributed by atoms with E-state index in [-0.39, 0.29) is 12.4 Å². The number of para-hydroxylation sites is 1. The number of benzene rings is 1. The van der Waals surface area contributed by atoms with Crippen LogP contribution in [0.5, 0.6) is 5.75 Å². The van der Waals surface area contributed by atoms with Crippen molar-refractivity contribution in [3.05, 3.63) is 40.8 Å². The molecule has 3 atom stereocenters. The monoisotopic (exact) mass is 328 g/mol. The average Bonchev–Trinajstić information content (AvgIpc) is 3.12. The molecule has 0 aromatic heterocycles. The van der Waals surface area contributed by atoms with E-state index in [2.05, 4.69) is 18.2 Å². The largest absolute Gasteiger partial charge is 0.488 e. The highest BCUT2D eigenvalue weighted by atomic mass is 16.7. The van der Waals surface area contributed by atoms with Crippen LogP contribution >= 0.6 is 0 Å². The van der Waals surface area contributed by atoms with Gasteiger partial charge in [-0.1, -0.05) is 18.2 Å². The molecule has 1 fully saturated rings. The molecule has 5 rings (SSSR count). The number of fused-ring (bicyclic) bond motifs is 4. The van der Waals surface area contributed by atoms with Crippen LogP contribution in [0.1, 0.15) is 55.6 Å². The highest BCUT2D eigenvalue weighted by molar-refractivity contribution is 5.54. The van der Waals surface area contributed by atoms with Crippen molar-refractivity contribution in [1.29, 1.82) is 0 Å². The molecule has 4 nitrogen and oxygen atoms in total. The van der Waals surface area contributed by atoms with E-state index in [9.17, 15) is 0 Å². The summed E-state index contributed by atoms with van der Waals surface area (Å²) in [7, 11) is 0. The minimum atomic E-state index is 0.0310. The number of rotatable bonds is 6. The number of hydrogen-bond donors (Lipinski definition) is 0. The summed E-state index contributed by atoms with van der Waals surface area (Å²) in [6.45, 7) is 1.64. The van der Waals surface area contributed by atoms with Crippen molar-refractivity contribution in [2.75, 3.05) is 13.2 Å². The Hall–Kier alpha value is -1.52. The maximum absolute atomic E-state index is 6.24. The third-order valence-corrected chi connectivity index (χ3v) is 5.52. The van der Waals surface area contributed by atoms with Crippen molar-refractivity contribution in [2.45, 2.75) is 63.3 Å². The fourth-order valence-electron chi connectivity index (χ4n) is 4.22. The number of ether oxygens (including phenoxy) is 4. The van der Waals surface area contributed by atoms with Gasteiger partial charge in [0.2, 0.25) is 0 Å². The average molecular weight is 328 g/mol. The Labute approximate surface area is 142 Å². The van der Waals surface area contributed by atoms with E-state index >= 15 is 0 Å². The van der Waals surface area contributed by atoms with Crippen molar-refractivity contribution < 1.29 is 18.9 Å². The molecule has 0 bridgehead atoms. The topological polar surface area (TPSA) is 40.2 Å². The third-order valence-electron chi connectivity index (χ3n) is 5.52. The molecular weight excluding hydrogens is 304 g/mol. The molecule has 24 heavy (non-hydrogen) atoms. The summed E-state index contributed by atoms with van der Waals surface area (Å²) in [5.74, 6) is 3.83. The number of unbranched alkanes of at least 4 members (excludes halogenated alkanes) is 1. The van der Waals surface area contributed by atoms with Crippen LogP contribution in [0.4, 0.5) is 0 Å². The maximum Gasteiger partial charge on any atom is 0.157 e. The van der Waals surface area contributed by atoms with Gasteiger partial charge < -0.3 is 18.9 Å². The summed E-state index contributed by atoms with van der Waals surface area (Å²) >= 11 is 0. The molecule has 1 aromatic carbocycles. The van der Waals surface area contributed by atoms with E-state index in [1.165, 1.54) is 35.5 Å². The molecular formula is C20H24O4. The van der Waals surface area contributed by atoms with Crippen molar-refractivity contribution >= 4 is 0 Å². The molecule has 0 radical (unpaired) electrons. The van der Waals surface area contributed by atoms with Gasteiger partial charge in [0.25, 0.3) is 0 Å². The van der Waals surface area contributed by atoms with Crippen LogP contribution in [0, 0.1) is 0 Å². The van der Waals surface area contributed by atoms with E-state index in [0.29, 0.717) is 5.92 Å². The first-order valence-corrected chi connectivity index (χ1v) is 9.33. The lowest BCUT2D eigenvalue weighted by molar-refractivity contribution is -0.162. The van der Waals surface area contributed by atoms with Gasteiger partial charge in [0.15, 0.2) is 12.0 Å². The zero-order valence-electron chi connectivity index (χ0n) is 14.0. The van der Waals surface area contributed by atoms with Crippen LogP contribution in [-0.4, -0.2) is 25.6 Å². The van der Waals surface area contributed by atoms with E-state index in [0.717, 1.165) is 51.1 Å². The lowest BCUT2D eigenvalue weighted by Crippen LogP contribution is -2.22. The van der Waals surface area contributed by atoms with E-state index in [4.69, 9.17) is 18.9 Å². The summed E-state index contributed by atoms with van der Waals surface area (Å²) in [5.41, 5.74) is 2.66. The predicted octanol–water partition coefficient (Wildman–Crippen LogP) is 4.04. The second kappa shape index (κ2) is 6.08. The fourth-order valence-corrected chi connectivity index (χ4v) is 4.22. The van der Waals surface area contributed by atoms with E-state index < -0.39 is 0 Å². The Bertz CT molecular complexity index is 660. The van der Waals surface area contributed by atoms with Crippen LogP contribution < -0.4 is 4.74 Å². The van der Waals surface area contributed by atoms with Gasteiger partial charge in [0.1, 0.15) is 17.6 Å². The zero-order valence-corrected chi connectivity index (χ0v) is 14.0. The van der Waals surface area contributed by atoms with Crippen LogP contribution in [0.15, 0.2) is 29.7 Å². The Kier molecular flexibility index (Phi) is 3.75. The van der Waals surface area contributed by atoms with Gasteiger partial charge in [-0.25, -0.2) is 0 Å². The molecule has 1 saturated heterocycles. The smallest absolute Gasteiger partial charge is 0.157 e. The number of aryl methyl sites for hydroxylation is 1. The molecule has 0 spiro atoms. The van der Waals surface area contributed by atoms with Crippen LogP contribution in [0.3, 0.4) is 0 Å². The summed E-state index contributed by atoms with van der Waals surface area (Å²) in [4.78, 5) is 0. The second-order valence-electron chi connectivity index (χ2n) is 7.19. The summed E-state index contributed by atoms with van der Waals surface area (Å²) < 4.78 is 23.2. The molecule has 1 aliphatic carbocycles. The van der Waals surface area contributed by atoms with Crippen molar-refractivity contribution in [3.8, 4) is 5.75 Å². The molecule has 4 heteroatoms. The van der Waals surface area contributed by atoms with Gasteiger partial charge in [0.05, 0.1) is 5.92 Å². The molecule has 0 saturated carbocycles. The molecule has 1 aromatic rings. The van der Waals surface area contributed by atoms with Crippen molar-refractivity contribution in [2.24, 2.45) is 0 Å². The molecule has 3 aliphatic heterocycles. The quantitative estimate of drug-likeness (QED) is 0.739. The highest BCUT2D eigenvalue weighted by Gasteiger charge is 2.53. The highest BCUT2D eigenvalue weighted by Crippen LogP contribution is 2.58. The maximum atomic E-state index is 6.24. The lowest BCUT2D eigenvalue weighted by atomic mass is 9.94. The first kappa shape index (κ1) is 14.8. The summed E-state index contributed by atoms with van der Waals surface area (Å²) in [6.07, 6.45) is 7.93. The minimum absolute atomic E-state index is 0.0310. The first-order valence-electron chi connectivity index (χ1n) is 9.33. The summed E-state index contributed by atoms with van der Waals surface area (Å²) in [6, 6.07) is 6.56.